The van der Waals surface area contributed by atoms with Crippen molar-refractivity contribution in [2.75, 3.05) is 10.6 Å². The Morgan fingerprint density at radius 2 is 1.96 bits per heavy atom. The van der Waals surface area contributed by atoms with Gasteiger partial charge < -0.3 is 10.4 Å². The van der Waals surface area contributed by atoms with Gasteiger partial charge in [0.2, 0.25) is 0 Å². The summed E-state index contributed by atoms with van der Waals surface area (Å²) in [4.78, 5) is 28.7. The second-order valence-corrected chi connectivity index (χ2v) is 6.50. The Kier molecular flexibility index (Phi) is 5.00. The number of aliphatic carboxylic acids is 1. The lowest BCUT2D eigenvalue weighted by Crippen LogP contribution is -2.26. The number of benzene rings is 1. The van der Waals surface area contributed by atoms with E-state index in [1.807, 2.05) is 13.8 Å². The molecule has 2 rings (SSSR count). The molecule has 0 fully saturated rings. The van der Waals surface area contributed by atoms with Gasteiger partial charge in [-0.1, -0.05) is 6.07 Å². The number of hydrogen-bond acceptors (Lipinski definition) is 5. The second kappa shape index (κ2) is 6.78. The number of carbonyl (C=O) groups excluding carboxylic acids is 1. The zero-order valence-electron chi connectivity index (χ0n) is 13.4. The number of carboxylic acid groups (broad SMARTS) is 1. The van der Waals surface area contributed by atoms with Crippen LogP contribution in [-0.2, 0) is 4.79 Å². The van der Waals surface area contributed by atoms with Gasteiger partial charge in [0.1, 0.15) is 6.04 Å². The predicted molar refractivity (Wildman–Crippen MR) is 91.4 cm³/mol. The lowest BCUT2D eigenvalue weighted by molar-refractivity contribution is -0.137. The van der Waals surface area contributed by atoms with Gasteiger partial charge in [0, 0.05) is 16.1 Å². The third-order valence-corrected chi connectivity index (χ3v) is 4.56. The molecular formula is C16H19N3O3S. The minimum Gasteiger partial charge on any atom is -0.480 e. The normalized spacial score (nSPS) is 11.8. The highest BCUT2D eigenvalue weighted by atomic mass is 32.1. The van der Waals surface area contributed by atoms with E-state index in [9.17, 15) is 9.59 Å². The van der Waals surface area contributed by atoms with E-state index in [0.29, 0.717) is 21.9 Å². The maximum atomic E-state index is 12.4. The summed E-state index contributed by atoms with van der Waals surface area (Å²) in [5.74, 6) is -1.21. The van der Waals surface area contributed by atoms with Crippen molar-refractivity contribution in [1.82, 2.24) is 4.98 Å². The van der Waals surface area contributed by atoms with Crippen molar-refractivity contribution in [2.24, 2.45) is 0 Å². The van der Waals surface area contributed by atoms with Crippen LogP contribution in [0.15, 0.2) is 18.2 Å². The summed E-state index contributed by atoms with van der Waals surface area (Å²) in [5, 5.41) is 15.2. The first-order valence-electron chi connectivity index (χ1n) is 7.14. The molecule has 0 saturated carbocycles. The maximum absolute atomic E-state index is 12.4. The van der Waals surface area contributed by atoms with E-state index >= 15 is 0 Å². The number of nitrogens with one attached hydrogen (secondary N) is 2. The first-order chi connectivity index (χ1) is 10.8. The van der Waals surface area contributed by atoms with Crippen LogP contribution < -0.4 is 10.6 Å². The van der Waals surface area contributed by atoms with Crippen molar-refractivity contribution >= 4 is 34.0 Å². The van der Waals surface area contributed by atoms with E-state index < -0.39 is 12.0 Å². The number of rotatable bonds is 5. The van der Waals surface area contributed by atoms with Crippen LogP contribution in [0.2, 0.25) is 0 Å². The number of nitrogens with zero attached hydrogens (tertiary/aromatic N) is 1. The molecule has 122 valence electrons. The van der Waals surface area contributed by atoms with Gasteiger partial charge in [-0.2, -0.15) is 0 Å². The molecule has 1 atom stereocenters. The highest BCUT2D eigenvalue weighted by Crippen LogP contribution is 2.24. The van der Waals surface area contributed by atoms with E-state index in [1.54, 1.807) is 32.0 Å². The number of carbonyl (C=O) groups is 2. The molecule has 0 saturated heterocycles. The fraction of sp³-hybridized carbons (Fsp3) is 0.312. The van der Waals surface area contributed by atoms with Gasteiger partial charge in [0.05, 0.1) is 5.69 Å². The summed E-state index contributed by atoms with van der Waals surface area (Å²) in [5.41, 5.74) is 2.70. The van der Waals surface area contributed by atoms with Crippen LogP contribution in [0.25, 0.3) is 0 Å². The van der Waals surface area contributed by atoms with Gasteiger partial charge in [0.25, 0.3) is 5.91 Å². The number of hydrogen-bond donors (Lipinski definition) is 3. The van der Waals surface area contributed by atoms with Crippen molar-refractivity contribution in [3.8, 4) is 0 Å². The molecule has 0 radical (unpaired) electrons. The third kappa shape index (κ3) is 3.87. The molecule has 2 aromatic rings. The molecule has 0 aliphatic heterocycles. The first-order valence-corrected chi connectivity index (χ1v) is 7.95. The number of thiazole rings is 1. The molecule has 7 heteroatoms. The van der Waals surface area contributed by atoms with Crippen LogP contribution >= 0.6 is 11.3 Å². The van der Waals surface area contributed by atoms with Crippen molar-refractivity contribution in [1.29, 1.82) is 0 Å². The summed E-state index contributed by atoms with van der Waals surface area (Å²) >= 11 is 1.43. The molecule has 0 aliphatic carbocycles. The Morgan fingerprint density at radius 1 is 1.26 bits per heavy atom. The van der Waals surface area contributed by atoms with Gasteiger partial charge in [0.15, 0.2) is 5.13 Å². The number of amides is 1. The molecule has 23 heavy (non-hydrogen) atoms. The van der Waals surface area contributed by atoms with E-state index in [4.69, 9.17) is 5.11 Å². The molecule has 1 aromatic heterocycles. The lowest BCUT2D eigenvalue weighted by atomic mass is 10.1. The van der Waals surface area contributed by atoms with Gasteiger partial charge in [-0.15, -0.1) is 11.3 Å². The van der Waals surface area contributed by atoms with Crippen molar-refractivity contribution in [2.45, 2.75) is 33.7 Å². The number of aromatic nitrogens is 1. The smallest absolute Gasteiger partial charge is 0.325 e. The zero-order chi connectivity index (χ0) is 17.1. The molecule has 0 bridgehead atoms. The van der Waals surface area contributed by atoms with Gasteiger partial charge >= 0.3 is 5.97 Å². The van der Waals surface area contributed by atoms with Crippen LogP contribution in [0.1, 0.15) is 33.4 Å². The summed E-state index contributed by atoms with van der Waals surface area (Å²) < 4.78 is 0. The maximum Gasteiger partial charge on any atom is 0.325 e. The Bertz CT molecular complexity index is 736. The molecule has 1 unspecified atom stereocenters. The van der Waals surface area contributed by atoms with Crippen molar-refractivity contribution in [3.05, 3.63) is 39.9 Å². The lowest BCUT2D eigenvalue weighted by Gasteiger charge is -2.15. The largest absolute Gasteiger partial charge is 0.480 e. The van der Waals surface area contributed by atoms with Gasteiger partial charge in [-0.25, -0.2) is 4.98 Å². The topological polar surface area (TPSA) is 91.3 Å². The molecule has 0 aliphatic rings. The van der Waals surface area contributed by atoms with Crippen LogP contribution in [-0.4, -0.2) is 28.0 Å². The Hall–Kier alpha value is -2.41. The Balaban J connectivity index is 2.22. The number of carboxylic acids is 1. The fourth-order valence-electron chi connectivity index (χ4n) is 2.02. The Labute approximate surface area is 138 Å². The fourth-order valence-corrected chi connectivity index (χ4v) is 2.83. The molecule has 1 amide bonds. The quantitative estimate of drug-likeness (QED) is 0.781. The minimum atomic E-state index is -0.951. The third-order valence-electron chi connectivity index (χ3n) is 3.57. The zero-order valence-corrected chi connectivity index (χ0v) is 14.2. The highest BCUT2D eigenvalue weighted by Gasteiger charge is 2.16. The van der Waals surface area contributed by atoms with Crippen LogP contribution in [0.4, 0.5) is 10.8 Å². The minimum absolute atomic E-state index is 0.261. The average Bonchev–Trinajstić information content (AvgIpc) is 2.79. The van der Waals surface area contributed by atoms with E-state index in [2.05, 4.69) is 15.6 Å². The summed E-state index contributed by atoms with van der Waals surface area (Å²) in [6.07, 6.45) is 0. The van der Waals surface area contributed by atoms with E-state index in [0.717, 1.165) is 10.6 Å². The highest BCUT2D eigenvalue weighted by molar-refractivity contribution is 7.15. The van der Waals surface area contributed by atoms with E-state index in [1.165, 1.54) is 11.3 Å². The molecule has 1 aromatic carbocycles. The molecule has 3 N–H and O–H groups in total. The van der Waals surface area contributed by atoms with Crippen molar-refractivity contribution < 1.29 is 14.7 Å². The number of aryl methyl sites for hydroxylation is 2. The van der Waals surface area contributed by atoms with Crippen LogP contribution in [0.5, 0.6) is 0 Å². The van der Waals surface area contributed by atoms with Crippen LogP contribution in [0, 0.1) is 20.8 Å². The van der Waals surface area contributed by atoms with Gasteiger partial charge in [-0.05, 0) is 45.4 Å². The standard InChI is InChI=1S/C16H19N3O3S/c1-8-12(6-5-7-13(8)17-10(3)15(21)22)14(20)19-16-18-9(2)11(4)23-16/h5-7,10,17H,1-4H3,(H,21,22)(H,18,19,20). The monoisotopic (exact) mass is 333 g/mol. The van der Waals surface area contributed by atoms with Gasteiger partial charge in [-0.3, -0.25) is 14.9 Å². The van der Waals surface area contributed by atoms with E-state index in [-0.39, 0.29) is 5.91 Å². The first kappa shape index (κ1) is 17.0. The molecule has 6 nitrogen and oxygen atoms in total. The summed E-state index contributed by atoms with van der Waals surface area (Å²) in [6, 6.07) is 4.44. The van der Waals surface area contributed by atoms with Crippen molar-refractivity contribution in [3.63, 3.8) is 0 Å². The molecule has 0 spiro atoms. The second-order valence-electron chi connectivity index (χ2n) is 5.30. The van der Waals surface area contributed by atoms with Crippen LogP contribution in [0.3, 0.4) is 0 Å². The SMILES string of the molecule is Cc1nc(NC(=O)c2cccc(NC(C)C(=O)O)c2C)sc1C. The number of anilines is 2. The Morgan fingerprint density at radius 3 is 2.52 bits per heavy atom. The predicted octanol–water partition coefficient (Wildman–Crippen LogP) is 3.21. The molecule has 1 heterocycles. The average molecular weight is 333 g/mol. The summed E-state index contributed by atoms with van der Waals surface area (Å²) in [7, 11) is 0. The molecular weight excluding hydrogens is 314 g/mol. The summed E-state index contributed by atoms with van der Waals surface area (Å²) in [6.45, 7) is 7.18.